The van der Waals surface area contributed by atoms with Gasteiger partial charge in [0.05, 0.1) is 12.7 Å². The van der Waals surface area contributed by atoms with Gasteiger partial charge in [0.1, 0.15) is 6.73 Å². The number of carbonyl (C=O) groups is 1. The fourth-order valence-electron chi connectivity index (χ4n) is 0.857. The number of methoxy groups -OCH3 is 2. The molecule has 0 aliphatic carbocycles. The lowest BCUT2D eigenvalue weighted by molar-refractivity contribution is 0.111. The van der Waals surface area contributed by atoms with E-state index < -0.39 is 0 Å². The Morgan fingerprint density at radius 3 is 2.83 bits per heavy atom. The first-order chi connectivity index (χ1) is 5.81. The highest BCUT2D eigenvalue weighted by Crippen LogP contribution is 2.11. The zero-order valence-electron chi connectivity index (χ0n) is 6.98. The second-order valence-corrected chi connectivity index (χ2v) is 2.17. The fourth-order valence-corrected chi connectivity index (χ4v) is 0.857. The molecular formula is C7H10N2O3. The maximum absolute atomic E-state index is 10.4. The number of hydrogen-bond acceptors (Lipinski definition) is 4. The van der Waals surface area contributed by atoms with Crippen LogP contribution in [0.15, 0.2) is 6.20 Å². The van der Waals surface area contributed by atoms with E-state index in [9.17, 15) is 4.79 Å². The summed E-state index contributed by atoms with van der Waals surface area (Å²) in [6.07, 6.45) is 2.26. The smallest absolute Gasteiger partial charge is 0.243 e. The zero-order valence-corrected chi connectivity index (χ0v) is 6.98. The van der Waals surface area contributed by atoms with Gasteiger partial charge < -0.3 is 9.47 Å². The Morgan fingerprint density at radius 1 is 1.67 bits per heavy atom. The van der Waals surface area contributed by atoms with Crippen LogP contribution in [0.1, 0.15) is 10.4 Å². The van der Waals surface area contributed by atoms with Crippen LogP contribution in [0.2, 0.25) is 0 Å². The highest BCUT2D eigenvalue weighted by atomic mass is 16.5. The predicted molar refractivity (Wildman–Crippen MR) is 41.2 cm³/mol. The van der Waals surface area contributed by atoms with Gasteiger partial charge >= 0.3 is 0 Å². The fraction of sp³-hybridized carbons (Fsp3) is 0.429. The van der Waals surface area contributed by atoms with Crippen molar-refractivity contribution in [2.45, 2.75) is 6.73 Å². The molecule has 1 rings (SSSR count). The number of aldehydes is 1. The average Bonchev–Trinajstić information content (AvgIpc) is 2.48. The Balaban J connectivity index is 2.88. The van der Waals surface area contributed by atoms with Gasteiger partial charge in [0.25, 0.3) is 0 Å². The quantitative estimate of drug-likeness (QED) is 0.610. The predicted octanol–water partition coefficient (Wildman–Crippen LogP) is 0.308. The van der Waals surface area contributed by atoms with Gasteiger partial charge in [-0.2, -0.15) is 0 Å². The summed E-state index contributed by atoms with van der Waals surface area (Å²) < 4.78 is 11.1. The van der Waals surface area contributed by atoms with E-state index >= 15 is 0 Å². The number of rotatable bonds is 4. The Labute approximate surface area is 69.9 Å². The lowest BCUT2D eigenvalue weighted by Crippen LogP contribution is -1.99. The molecule has 0 spiro atoms. The van der Waals surface area contributed by atoms with E-state index in [0.29, 0.717) is 24.5 Å². The first kappa shape index (κ1) is 8.73. The Kier molecular flexibility index (Phi) is 2.82. The normalized spacial score (nSPS) is 9.83. The number of aromatic nitrogens is 2. The number of hydrogen-bond donors (Lipinski definition) is 0. The standard InChI is InChI=1S/C7H10N2O3/c1-11-5-9-3-6(4-10)7(8-9)12-2/h3-4H,5H2,1-2H3. The summed E-state index contributed by atoms with van der Waals surface area (Å²) in [4.78, 5) is 10.4. The van der Waals surface area contributed by atoms with Gasteiger partial charge in [0.15, 0.2) is 6.29 Å². The molecule has 0 bridgehead atoms. The zero-order chi connectivity index (χ0) is 8.97. The van der Waals surface area contributed by atoms with Gasteiger partial charge in [-0.25, -0.2) is 4.68 Å². The molecule has 5 nitrogen and oxygen atoms in total. The van der Waals surface area contributed by atoms with E-state index in [1.165, 1.54) is 11.8 Å². The number of carbonyl (C=O) groups excluding carboxylic acids is 1. The van der Waals surface area contributed by atoms with Crippen molar-refractivity contribution in [1.29, 1.82) is 0 Å². The van der Waals surface area contributed by atoms with Crippen LogP contribution in [0, 0.1) is 0 Å². The van der Waals surface area contributed by atoms with Crippen LogP contribution in [0.25, 0.3) is 0 Å². The van der Waals surface area contributed by atoms with Crippen molar-refractivity contribution in [3.8, 4) is 5.88 Å². The van der Waals surface area contributed by atoms with Gasteiger partial charge in [0, 0.05) is 13.3 Å². The molecule has 0 saturated carbocycles. The third-order valence-corrected chi connectivity index (χ3v) is 1.34. The van der Waals surface area contributed by atoms with Gasteiger partial charge in [-0.05, 0) is 0 Å². The third kappa shape index (κ3) is 1.62. The monoisotopic (exact) mass is 170 g/mol. The molecule has 0 aliphatic rings. The molecule has 66 valence electrons. The maximum atomic E-state index is 10.4. The van der Waals surface area contributed by atoms with E-state index in [-0.39, 0.29) is 0 Å². The highest BCUT2D eigenvalue weighted by molar-refractivity contribution is 5.77. The molecule has 0 unspecified atom stereocenters. The summed E-state index contributed by atoms with van der Waals surface area (Å²) in [5.41, 5.74) is 0.426. The summed E-state index contributed by atoms with van der Waals surface area (Å²) in [6.45, 7) is 0.310. The first-order valence-corrected chi connectivity index (χ1v) is 3.37. The molecule has 5 heteroatoms. The summed E-state index contributed by atoms with van der Waals surface area (Å²) in [6, 6.07) is 0. The van der Waals surface area contributed by atoms with Gasteiger partial charge in [-0.15, -0.1) is 5.10 Å². The van der Waals surface area contributed by atoms with Crippen LogP contribution in [0.3, 0.4) is 0 Å². The van der Waals surface area contributed by atoms with E-state index in [1.54, 1.807) is 13.3 Å². The molecule has 1 aromatic heterocycles. The molecule has 1 aromatic rings. The van der Waals surface area contributed by atoms with Crippen molar-refractivity contribution in [1.82, 2.24) is 9.78 Å². The molecule has 0 saturated heterocycles. The molecule has 0 aliphatic heterocycles. The van der Waals surface area contributed by atoms with E-state index in [4.69, 9.17) is 9.47 Å². The van der Waals surface area contributed by atoms with Crippen molar-refractivity contribution in [3.63, 3.8) is 0 Å². The number of nitrogens with zero attached hydrogens (tertiary/aromatic N) is 2. The van der Waals surface area contributed by atoms with Crippen molar-refractivity contribution >= 4 is 6.29 Å². The van der Waals surface area contributed by atoms with Crippen LogP contribution >= 0.6 is 0 Å². The maximum Gasteiger partial charge on any atom is 0.243 e. The summed E-state index contributed by atoms with van der Waals surface area (Å²) in [5, 5.41) is 3.93. The second-order valence-electron chi connectivity index (χ2n) is 2.17. The van der Waals surface area contributed by atoms with Crippen LogP contribution in [0.4, 0.5) is 0 Å². The van der Waals surface area contributed by atoms with E-state index in [1.807, 2.05) is 0 Å². The van der Waals surface area contributed by atoms with Crippen LogP contribution in [0.5, 0.6) is 5.88 Å². The van der Waals surface area contributed by atoms with Crippen LogP contribution in [-0.4, -0.2) is 30.3 Å². The third-order valence-electron chi connectivity index (χ3n) is 1.34. The average molecular weight is 170 g/mol. The SMILES string of the molecule is COCn1cc(C=O)c(OC)n1. The Morgan fingerprint density at radius 2 is 2.42 bits per heavy atom. The number of ether oxygens (including phenoxy) is 2. The van der Waals surface area contributed by atoms with Crippen molar-refractivity contribution in [2.75, 3.05) is 14.2 Å². The molecule has 1 heterocycles. The van der Waals surface area contributed by atoms with Gasteiger partial charge in [-0.3, -0.25) is 4.79 Å². The van der Waals surface area contributed by atoms with Crippen LogP contribution in [-0.2, 0) is 11.5 Å². The highest BCUT2D eigenvalue weighted by Gasteiger charge is 2.06. The Bertz CT molecular complexity index is 270. The lowest BCUT2D eigenvalue weighted by Gasteiger charge is -1.95. The second kappa shape index (κ2) is 3.87. The van der Waals surface area contributed by atoms with E-state index in [2.05, 4.69) is 5.10 Å². The van der Waals surface area contributed by atoms with Crippen molar-refractivity contribution in [2.24, 2.45) is 0 Å². The first-order valence-electron chi connectivity index (χ1n) is 3.37. The largest absolute Gasteiger partial charge is 0.479 e. The molecule has 0 fully saturated rings. The van der Waals surface area contributed by atoms with E-state index in [0.717, 1.165) is 0 Å². The summed E-state index contributed by atoms with van der Waals surface area (Å²) >= 11 is 0. The van der Waals surface area contributed by atoms with Crippen LogP contribution < -0.4 is 4.74 Å². The topological polar surface area (TPSA) is 53.4 Å². The summed E-state index contributed by atoms with van der Waals surface area (Å²) in [7, 11) is 3.02. The molecule has 0 N–H and O–H groups in total. The lowest BCUT2D eigenvalue weighted by atomic mass is 10.4. The van der Waals surface area contributed by atoms with Gasteiger partial charge in [-0.1, -0.05) is 0 Å². The minimum absolute atomic E-state index is 0.310. The molecule has 0 radical (unpaired) electrons. The van der Waals surface area contributed by atoms with Crippen molar-refractivity contribution in [3.05, 3.63) is 11.8 Å². The van der Waals surface area contributed by atoms with Gasteiger partial charge in [0.2, 0.25) is 5.88 Å². The molecule has 0 aromatic carbocycles. The molecule has 0 amide bonds. The minimum Gasteiger partial charge on any atom is -0.479 e. The molecule has 12 heavy (non-hydrogen) atoms. The van der Waals surface area contributed by atoms with Crippen molar-refractivity contribution < 1.29 is 14.3 Å². The Hall–Kier alpha value is -1.36. The minimum atomic E-state index is 0.310. The summed E-state index contributed by atoms with van der Waals surface area (Å²) in [5.74, 6) is 0.321. The molecular weight excluding hydrogens is 160 g/mol. The molecule has 0 atom stereocenters.